The monoisotopic (exact) mass is 310 g/mol. The van der Waals surface area contributed by atoms with Gasteiger partial charge in [-0.25, -0.2) is 0 Å². The van der Waals surface area contributed by atoms with Gasteiger partial charge in [-0.05, 0) is 27.7 Å². The van der Waals surface area contributed by atoms with E-state index >= 15 is 0 Å². The van der Waals surface area contributed by atoms with E-state index < -0.39 is 5.97 Å². The van der Waals surface area contributed by atoms with E-state index in [1.165, 1.54) is 0 Å². The van der Waals surface area contributed by atoms with Crippen LogP contribution in [0.2, 0.25) is 0 Å². The molecule has 0 saturated heterocycles. The van der Waals surface area contributed by atoms with E-state index in [4.69, 9.17) is 18.9 Å². The van der Waals surface area contributed by atoms with Gasteiger partial charge >= 0.3 is 5.97 Å². The van der Waals surface area contributed by atoms with Crippen molar-refractivity contribution in [3.05, 3.63) is 48.6 Å². The molecule has 0 saturated carbocycles. The molecule has 0 amide bonds. The molecule has 126 valence electrons. The lowest BCUT2D eigenvalue weighted by Gasteiger charge is -2.32. The van der Waals surface area contributed by atoms with E-state index in [0.29, 0.717) is 26.4 Å². The van der Waals surface area contributed by atoms with Crippen molar-refractivity contribution in [1.82, 2.24) is 0 Å². The molecule has 0 aliphatic carbocycles. The van der Waals surface area contributed by atoms with Crippen molar-refractivity contribution in [2.75, 3.05) is 33.0 Å². The number of allylic oxidation sites excluding steroid dienone is 4. The fraction of sp³-hybridized carbons (Fsp3) is 0.556. The highest BCUT2D eigenvalue weighted by Crippen LogP contribution is 2.17. The summed E-state index contributed by atoms with van der Waals surface area (Å²) < 4.78 is 23.0. The molecule has 0 spiro atoms. The average Bonchev–Trinajstić information content (AvgIpc) is 2.52. The highest BCUT2D eigenvalue weighted by atomic mass is 16.9. The van der Waals surface area contributed by atoms with E-state index in [0.717, 1.165) is 0 Å². The SMILES string of the molecule is C/C=C/COCC(OC/C=C/C)(OC/C=C/C)OC/C=C/C. The maximum absolute atomic E-state index is 5.80. The molecule has 22 heavy (non-hydrogen) atoms. The van der Waals surface area contributed by atoms with E-state index in [-0.39, 0.29) is 6.61 Å². The standard InChI is InChI=1S/C18H30O4/c1-5-9-13-19-17-18(20-14-10-6-2,21-15-11-7-3)22-16-12-8-4/h5-12H,13-17H2,1-4H3/b9-5+,10-6+,11-7+,12-8+. The zero-order chi connectivity index (χ0) is 16.5. The van der Waals surface area contributed by atoms with Gasteiger partial charge in [-0.2, -0.15) is 0 Å². The molecule has 0 rings (SSSR count). The summed E-state index contributed by atoms with van der Waals surface area (Å²) in [6.07, 6.45) is 15.3. The minimum absolute atomic E-state index is 0.198. The molecule has 0 aliphatic heterocycles. The summed E-state index contributed by atoms with van der Waals surface area (Å²) in [5, 5.41) is 0. The van der Waals surface area contributed by atoms with Gasteiger partial charge in [0.2, 0.25) is 0 Å². The number of hydrogen-bond donors (Lipinski definition) is 0. The third-order valence-electron chi connectivity index (χ3n) is 2.63. The maximum atomic E-state index is 5.80. The zero-order valence-corrected chi connectivity index (χ0v) is 14.3. The smallest absolute Gasteiger partial charge is 0.308 e. The highest BCUT2D eigenvalue weighted by molar-refractivity contribution is 4.82. The summed E-state index contributed by atoms with van der Waals surface area (Å²) in [6.45, 7) is 9.65. The van der Waals surface area contributed by atoms with Gasteiger partial charge in [0.25, 0.3) is 0 Å². The molecule has 0 radical (unpaired) electrons. The van der Waals surface area contributed by atoms with E-state index in [2.05, 4.69) is 0 Å². The Hall–Kier alpha value is -1.20. The van der Waals surface area contributed by atoms with E-state index in [1.54, 1.807) is 0 Å². The molecule has 0 N–H and O–H groups in total. The van der Waals surface area contributed by atoms with Crippen molar-refractivity contribution in [2.24, 2.45) is 0 Å². The van der Waals surface area contributed by atoms with Gasteiger partial charge in [-0.3, -0.25) is 0 Å². The molecule has 0 fully saturated rings. The van der Waals surface area contributed by atoms with Crippen molar-refractivity contribution in [3.8, 4) is 0 Å². The van der Waals surface area contributed by atoms with E-state index in [1.807, 2.05) is 76.3 Å². The largest absolute Gasteiger partial charge is 0.369 e. The first-order valence-corrected chi connectivity index (χ1v) is 7.69. The third-order valence-corrected chi connectivity index (χ3v) is 2.63. The van der Waals surface area contributed by atoms with Crippen LogP contribution in [0.4, 0.5) is 0 Å². The molecule has 0 unspecified atom stereocenters. The van der Waals surface area contributed by atoms with Crippen molar-refractivity contribution in [1.29, 1.82) is 0 Å². The molecule has 0 aliphatic rings. The van der Waals surface area contributed by atoms with Crippen LogP contribution < -0.4 is 0 Å². The Morgan fingerprint density at radius 3 is 1.32 bits per heavy atom. The van der Waals surface area contributed by atoms with Crippen molar-refractivity contribution in [2.45, 2.75) is 33.7 Å². The van der Waals surface area contributed by atoms with Gasteiger partial charge in [0.1, 0.15) is 6.61 Å². The van der Waals surface area contributed by atoms with Gasteiger partial charge in [-0.1, -0.05) is 48.6 Å². The minimum Gasteiger partial charge on any atom is -0.369 e. The van der Waals surface area contributed by atoms with Crippen LogP contribution in [-0.2, 0) is 18.9 Å². The summed E-state index contributed by atoms with van der Waals surface area (Å²) in [7, 11) is 0. The zero-order valence-electron chi connectivity index (χ0n) is 14.3. The highest BCUT2D eigenvalue weighted by Gasteiger charge is 2.33. The second-order valence-electron chi connectivity index (χ2n) is 4.41. The normalized spacial score (nSPS) is 13.5. The Morgan fingerprint density at radius 2 is 0.955 bits per heavy atom. The lowest BCUT2D eigenvalue weighted by Crippen LogP contribution is -2.44. The molecular weight excluding hydrogens is 280 g/mol. The van der Waals surface area contributed by atoms with Crippen LogP contribution in [-0.4, -0.2) is 39.0 Å². The Labute approximate surface area is 135 Å². The van der Waals surface area contributed by atoms with Gasteiger partial charge in [0.15, 0.2) is 0 Å². The van der Waals surface area contributed by atoms with Crippen molar-refractivity contribution < 1.29 is 18.9 Å². The van der Waals surface area contributed by atoms with Crippen LogP contribution in [0.25, 0.3) is 0 Å². The summed E-state index contributed by atoms with van der Waals surface area (Å²) in [6, 6.07) is 0. The predicted octanol–water partition coefficient (Wildman–Crippen LogP) is 4.01. The van der Waals surface area contributed by atoms with Crippen LogP contribution in [0, 0.1) is 0 Å². The molecular formula is C18H30O4. The van der Waals surface area contributed by atoms with Crippen LogP contribution in [0.3, 0.4) is 0 Å². The van der Waals surface area contributed by atoms with Crippen LogP contribution in [0.5, 0.6) is 0 Å². The average molecular weight is 310 g/mol. The first-order chi connectivity index (χ1) is 10.7. The number of hydrogen-bond acceptors (Lipinski definition) is 4. The molecule has 0 heterocycles. The topological polar surface area (TPSA) is 36.9 Å². The number of ether oxygens (including phenoxy) is 4. The number of rotatable bonds is 13. The van der Waals surface area contributed by atoms with Crippen LogP contribution in [0.15, 0.2) is 48.6 Å². The predicted molar refractivity (Wildman–Crippen MR) is 90.7 cm³/mol. The summed E-state index contributed by atoms with van der Waals surface area (Å²) in [5.74, 6) is -1.21. The fourth-order valence-electron chi connectivity index (χ4n) is 1.41. The van der Waals surface area contributed by atoms with Crippen LogP contribution >= 0.6 is 0 Å². The fourth-order valence-corrected chi connectivity index (χ4v) is 1.41. The summed E-state index contributed by atoms with van der Waals surface area (Å²) >= 11 is 0. The molecule has 4 nitrogen and oxygen atoms in total. The molecule has 0 atom stereocenters. The molecule has 0 aromatic rings. The second kappa shape index (κ2) is 14.7. The Kier molecular flexibility index (Phi) is 13.9. The van der Waals surface area contributed by atoms with E-state index in [9.17, 15) is 0 Å². The Bertz CT molecular complexity index is 315. The minimum atomic E-state index is -1.21. The summed E-state index contributed by atoms with van der Waals surface area (Å²) in [5.41, 5.74) is 0. The van der Waals surface area contributed by atoms with Gasteiger partial charge in [-0.15, -0.1) is 0 Å². The molecule has 4 heteroatoms. The van der Waals surface area contributed by atoms with Gasteiger partial charge in [0, 0.05) is 0 Å². The second-order valence-corrected chi connectivity index (χ2v) is 4.41. The lowest BCUT2D eigenvalue weighted by atomic mass is 10.5. The molecule has 0 aromatic heterocycles. The lowest BCUT2D eigenvalue weighted by molar-refractivity contribution is -0.384. The maximum Gasteiger partial charge on any atom is 0.308 e. The van der Waals surface area contributed by atoms with Crippen molar-refractivity contribution >= 4 is 0 Å². The Balaban J connectivity index is 4.81. The summed E-state index contributed by atoms with van der Waals surface area (Å²) in [4.78, 5) is 0. The first kappa shape index (κ1) is 20.8. The van der Waals surface area contributed by atoms with Crippen LogP contribution in [0.1, 0.15) is 27.7 Å². The molecule has 0 bridgehead atoms. The molecule has 0 aromatic carbocycles. The van der Waals surface area contributed by atoms with Gasteiger partial charge in [0.05, 0.1) is 26.4 Å². The third kappa shape index (κ3) is 10.5. The Morgan fingerprint density at radius 1 is 0.591 bits per heavy atom. The first-order valence-electron chi connectivity index (χ1n) is 7.69. The van der Waals surface area contributed by atoms with Gasteiger partial charge < -0.3 is 18.9 Å². The quantitative estimate of drug-likeness (QED) is 0.292. The van der Waals surface area contributed by atoms with Crippen molar-refractivity contribution in [3.63, 3.8) is 0 Å².